The average molecular weight is 352 g/mol. The van der Waals surface area contributed by atoms with Crippen LogP contribution >= 0.6 is 0 Å². The first kappa shape index (κ1) is 23.5. The molecule has 0 aromatic heterocycles. The van der Waals surface area contributed by atoms with E-state index in [1.54, 1.807) is 0 Å². The van der Waals surface area contributed by atoms with Gasteiger partial charge in [0.25, 0.3) is 0 Å². The Morgan fingerprint density at radius 1 is 1.00 bits per heavy atom. The van der Waals surface area contributed by atoms with E-state index in [9.17, 15) is 0 Å². The van der Waals surface area contributed by atoms with E-state index in [2.05, 4.69) is 74.5 Å². The summed E-state index contributed by atoms with van der Waals surface area (Å²) in [6.45, 7) is 23.3. The van der Waals surface area contributed by atoms with Crippen LogP contribution in [0.3, 0.4) is 0 Å². The van der Waals surface area contributed by atoms with E-state index >= 15 is 0 Å². The molecule has 0 rings (SSSR count). The van der Waals surface area contributed by atoms with Crippen molar-refractivity contribution in [2.45, 2.75) is 104 Å². The van der Waals surface area contributed by atoms with Gasteiger partial charge in [-0.15, -0.1) is 0 Å². The van der Waals surface area contributed by atoms with Crippen molar-refractivity contribution in [3.63, 3.8) is 0 Å². The van der Waals surface area contributed by atoms with Crippen molar-refractivity contribution in [1.82, 2.24) is 0 Å². The van der Waals surface area contributed by atoms with Crippen LogP contribution in [0.1, 0.15) is 87.5 Å². The van der Waals surface area contributed by atoms with Crippen molar-refractivity contribution in [2.24, 2.45) is 0 Å². The molecule has 24 heavy (non-hydrogen) atoms. The van der Waals surface area contributed by atoms with Crippen LogP contribution in [-0.2, 0) is 4.43 Å². The summed E-state index contributed by atoms with van der Waals surface area (Å²) < 4.78 is 6.62. The summed E-state index contributed by atoms with van der Waals surface area (Å²) >= 11 is 0. The Bertz CT molecular complexity index is 358. The van der Waals surface area contributed by atoms with E-state index in [1.807, 2.05) is 0 Å². The molecule has 0 amide bonds. The molecule has 1 nitrogen and oxygen atoms in total. The summed E-state index contributed by atoms with van der Waals surface area (Å²) in [5.74, 6) is 0. The van der Waals surface area contributed by atoms with Gasteiger partial charge in [-0.1, -0.05) is 66.5 Å². The van der Waals surface area contributed by atoms with Gasteiger partial charge in [0.05, 0.1) is 0 Å². The summed E-state index contributed by atoms with van der Waals surface area (Å²) in [7, 11) is -1.67. The van der Waals surface area contributed by atoms with Gasteiger partial charge in [0, 0.05) is 6.61 Å². The first-order valence-corrected chi connectivity index (χ1v) is 12.1. The molecule has 2 heteroatoms. The molecule has 0 saturated heterocycles. The summed E-state index contributed by atoms with van der Waals surface area (Å²) in [4.78, 5) is 0. The number of rotatable bonds is 13. The number of unbranched alkanes of at least 4 members (excludes halogenated alkanes) is 2. The Labute approximate surface area is 154 Å². The second-order valence-corrected chi connectivity index (χ2v) is 13.8. The Balaban J connectivity index is 4.16. The zero-order chi connectivity index (χ0) is 18.8. The molecule has 0 aromatic rings. The highest BCUT2D eigenvalue weighted by molar-refractivity contribution is 6.77. The second kappa shape index (κ2) is 12.0. The smallest absolute Gasteiger partial charge is 0.200 e. The monoisotopic (exact) mass is 351 g/mol. The summed E-state index contributed by atoms with van der Waals surface area (Å²) in [5, 5.41) is 0. The van der Waals surface area contributed by atoms with Gasteiger partial charge < -0.3 is 4.43 Å². The van der Waals surface area contributed by atoms with Gasteiger partial charge in [-0.25, -0.2) is 18.6 Å². The fraction of sp³-hybridized carbons (Fsp3) is 0.773. The molecule has 0 radical (unpaired) electrons. The van der Waals surface area contributed by atoms with E-state index in [4.69, 9.17) is 4.43 Å². The molecule has 0 saturated carbocycles. The lowest BCUT2D eigenvalue weighted by molar-refractivity contribution is 0.269. The van der Waals surface area contributed by atoms with E-state index in [0.717, 1.165) is 19.4 Å². The molecule has 0 unspecified atom stereocenters. The van der Waals surface area contributed by atoms with Gasteiger partial charge >= 0.3 is 0 Å². The second-order valence-electron chi connectivity index (χ2n) is 8.30. The fourth-order valence-corrected chi connectivity index (χ4v) is 9.49. The third-order valence-corrected chi connectivity index (χ3v) is 11.3. The lowest BCUT2D eigenvalue weighted by Crippen LogP contribution is -2.47. The van der Waals surface area contributed by atoms with Crippen LogP contribution in [0.5, 0.6) is 0 Å². The molecule has 0 aromatic carbocycles. The molecular formula is C22H43OSi-. The van der Waals surface area contributed by atoms with Crippen LogP contribution < -0.4 is 0 Å². The van der Waals surface area contributed by atoms with Gasteiger partial charge in [0.1, 0.15) is 0 Å². The predicted molar refractivity (Wildman–Crippen MR) is 113 cm³/mol. The van der Waals surface area contributed by atoms with Crippen molar-refractivity contribution in [2.75, 3.05) is 6.61 Å². The molecule has 0 spiro atoms. The van der Waals surface area contributed by atoms with Gasteiger partial charge in [-0.3, -0.25) is 0 Å². The van der Waals surface area contributed by atoms with Crippen LogP contribution in [0.4, 0.5) is 0 Å². The largest absolute Gasteiger partial charge is 0.416 e. The molecule has 0 heterocycles. The quantitative estimate of drug-likeness (QED) is 0.142. The van der Waals surface area contributed by atoms with E-state index in [1.165, 1.54) is 30.4 Å². The number of allylic oxidation sites excluding steroid dienone is 3. The lowest BCUT2D eigenvalue weighted by Gasteiger charge is -2.42. The van der Waals surface area contributed by atoms with Crippen LogP contribution in [0, 0.1) is 6.42 Å². The van der Waals surface area contributed by atoms with Crippen LogP contribution in [0.15, 0.2) is 23.8 Å². The number of hydrogen-bond donors (Lipinski definition) is 0. The first-order chi connectivity index (χ1) is 11.1. The molecule has 142 valence electrons. The minimum Gasteiger partial charge on any atom is -0.416 e. The molecule has 0 atom stereocenters. The first-order valence-electron chi connectivity index (χ1n) is 9.92. The standard InChI is InChI=1S/C22H43OSi/c1-18(2)14-13-16-22(9)15-11-10-12-17-23-24(19(3)4,20(5)6)21(7)8/h14-15,19-21H,1,10-13,16-17H2,2-9H3/q-1/b22-15+. The van der Waals surface area contributed by atoms with Gasteiger partial charge in [-0.2, -0.15) is 0 Å². The van der Waals surface area contributed by atoms with E-state index in [-0.39, 0.29) is 0 Å². The Morgan fingerprint density at radius 2 is 1.54 bits per heavy atom. The fourth-order valence-electron chi connectivity index (χ4n) is 3.99. The highest BCUT2D eigenvalue weighted by Gasteiger charge is 2.44. The minimum atomic E-state index is -1.67. The third kappa shape index (κ3) is 8.07. The highest BCUT2D eigenvalue weighted by Crippen LogP contribution is 2.42. The van der Waals surface area contributed by atoms with Crippen LogP contribution in [0.2, 0.25) is 16.6 Å². The van der Waals surface area contributed by atoms with Crippen molar-refractivity contribution in [1.29, 1.82) is 0 Å². The molecule has 0 aliphatic rings. The average Bonchev–Trinajstić information content (AvgIpc) is 2.44. The van der Waals surface area contributed by atoms with E-state index < -0.39 is 8.32 Å². The summed E-state index contributed by atoms with van der Waals surface area (Å²) in [6.07, 6.45) is 10.5. The van der Waals surface area contributed by atoms with Crippen molar-refractivity contribution >= 4 is 8.32 Å². The van der Waals surface area contributed by atoms with Gasteiger partial charge in [0.2, 0.25) is 0 Å². The normalized spacial score (nSPS) is 13.2. The maximum Gasteiger partial charge on any atom is 0.200 e. The third-order valence-electron chi connectivity index (χ3n) is 5.18. The van der Waals surface area contributed by atoms with Crippen molar-refractivity contribution in [3.05, 3.63) is 30.2 Å². The Kier molecular flexibility index (Phi) is 11.7. The molecule has 0 aliphatic heterocycles. The molecule has 0 fully saturated rings. The molecular weight excluding hydrogens is 308 g/mol. The van der Waals surface area contributed by atoms with Gasteiger partial charge in [-0.05, 0) is 49.2 Å². The molecule has 0 bridgehead atoms. The topological polar surface area (TPSA) is 9.23 Å². The Morgan fingerprint density at radius 3 is 2.00 bits per heavy atom. The summed E-state index contributed by atoms with van der Waals surface area (Å²) in [6, 6.07) is 0. The highest BCUT2D eigenvalue weighted by atomic mass is 28.4. The maximum atomic E-state index is 6.62. The van der Waals surface area contributed by atoms with Crippen LogP contribution in [0.25, 0.3) is 0 Å². The zero-order valence-corrected chi connectivity index (χ0v) is 18.7. The van der Waals surface area contributed by atoms with Crippen molar-refractivity contribution < 1.29 is 4.43 Å². The van der Waals surface area contributed by atoms with Crippen LogP contribution in [-0.4, -0.2) is 14.9 Å². The SMILES string of the molecule is C=C(C)[CH-]CC/C(C)=C/CCCCO[Si](C(C)C)(C(C)C)C(C)C. The Hall–Kier alpha value is -0.473. The van der Waals surface area contributed by atoms with Crippen molar-refractivity contribution in [3.8, 4) is 0 Å². The summed E-state index contributed by atoms with van der Waals surface area (Å²) in [5.41, 5.74) is 4.73. The zero-order valence-electron chi connectivity index (χ0n) is 17.7. The number of hydrogen-bond acceptors (Lipinski definition) is 1. The van der Waals surface area contributed by atoms with Gasteiger partial charge in [0.15, 0.2) is 8.32 Å². The lowest BCUT2D eigenvalue weighted by atomic mass is 10.1. The molecule has 0 N–H and O–H groups in total. The minimum absolute atomic E-state index is 0.684. The molecule has 0 aliphatic carbocycles. The van der Waals surface area contributed by atoms with E-state index in [0.29, 0.717) is 16.6 Å². The maximum absolute atomic E-state index is 6.62. The predicted octanol–water partition coefficient (Wildman–Crippen LogP) is 7.86.